The van der Waals surface area contributed by atoms with Crippen molar-refractivity contribution < 1.29 is 4.74 Å². The molecule has 200 valence electrons. The Balaban J connectivity index is 1.13. The van der Waals surface area contributed by atoms with E-state index in [1.165, 1.54) is 78.9 Å². The minimum absolute atomic E-state index is 0.921. The van der Waals surface area contributed by atoms with Gasteiger partial charge in [0.25, 0.3) is 0 Å². The quantitative estimate of drug-likeness (QED) is 0.197. The number of thiophene rings is 2. The maximum absolute atomic E-state index is 6.35. The third-order valence-corrected chi connectivity index (χ3v) is 11.1. The van der Waals surface area contributed by atoms with Crippen LogP contribution in [0.2, 0.25) is 0 Å². The third kappa shape index (κ3) is 3.38. The van der Waals surface area contributed by atoms with E-state index in [9.17, 15) is 0 Å². The Bertz CT molecular complexity index is 2600. The molecule has 0 fully saturated rings. The van der Waals surface area contributed by atoms with Crippen LogP contribution < -0.4 is 4.74 Å². The number of benzene rings is 7. The topological polar surface area (TPSA) is 9.23 Å². The van der Waals surface area contributed by atoms with Crippen LogP contribution in [0.25, 0.3) is 84.5 Å². The Hall–Kier alpha value is -4.96. The number of hydrogen-bond donors (Lipinski definition) is 0. The van der Waals surface area contributed by atoms with Gasteiger partial charge < -0.3 is 4.74 Å². The summed E-state index contributed by atoms with van der Waals surface area (Å²) in [5.41, 5.74) is 7.44. The van der Waals surface area contributed by atoms with E-state index in [2.05, 4.69) is 127 Å². The molecule has 0 atom stereocenters. The van der Waals surface area contributed by atoms with Crippen molar-refractivity contribution >= 4 is 73.8 Å². The van der Waals surface area contributed by atoms with Crippen LogP contribution in [-0.4, -0.2) is 0 Å². The molecule has 1 nitrogen and oxygen atoms in total. The van der Waals surface area contributed by atoms with E-state index >= 15 is 0 Å². The van der Waals surface area contributed by atoms with Crippen LogP contribution in [0.4, 0.5) is 0 Å². The van der Waals surface area contributed by atoms with Crippen LogP contribution in [0.3, 0.4) is 0 Å². The van der Waals surface area contributed by atoms with Crippen LogP contribution in [0.1, 0.15) is 0 Å². The second-order valence-electron chi connectivity index (χ2n) is 11.2. The van der Waals surface area contributed by atoms with Crippen molar-refractivity contribution in [3.8, 4) is 44.9 Å². The molecule has 0 bridgehead atoms. The van der Waals surface area contributed by atoms with Gasteiger partial charge in [-0.1, -0.05) is 97.1 Å². The molecule has 1 aliphatic heterocycles. The number of para-hydroxylation sites is 1. The fourth-order valence-corrected chi connectivity index (χ4v) is 9.28. The molecular weight excluding hydrogens is 561 g/mol. The highest BCUT2D eigenvalue weighted by atomic mass is 32.1. The summed E-state index contributed by atoms with van der Waals surface area (Å²) < 4.78 is 11.7. The van der Waals surface area contributed by atoms with E-state index < -0.39 is 0 Å². The average Bonchev–Trinajstić information content (AvgIpc) is 3.62. The standard InChI is InChI=1S/C40H22OS2/c1-3-12-33-27(7-1)31-11-5-10-30-25(19-20-34(41-33)39(30)31)23-15-17-28-29-18-16-24(22-38(29)43-37(28)21-23)26-9-6-14-36-40(26)32-8-2-4-13-35(32)42-36/h1-22H. The molecule has 0 N–H and O–H groups in total. The SMILES string of the molecule is c1ccc2c(c1)Oc1ccc(-c3ccc4c(c3)sc3cc(-c5cccc6sc7ccccc7c56)ccc34)c3cccc-2c13. The molecular formula is C40H22OS2. The van der Waals surface area contributed by atoms with Gasteiger partial charge in [-0.25, -0.2) is 0 Å². The molecule has 0 aliphatic carbocycles. The zero-order valence-electron chi connectivity index (χ0n) is 22.9. The molecule has 1 aliphatic rings. The van der Waals surface area contributed by atoms with Crippen LogP contribution in [0.15, 0.2) is 133 Å². The fourth-order valence-electron chi connectivity index (χ4n) is 6.96. The zero-order valence-corrected chi connectivity index (χ0v) is 24.6. The molecule has 0 amide bonds. The first kappa shape index (κ1) is 23.6. The summed E-state index contributed by atoms with van der Waals surface area (Å²) in [5, 5.41) is 7.75. The molecule has 3 heterocycles. The lowest BCUT2D eigenvalue weighted by atomic mass is 9.90. The normalized spacial score (nSPS) is 12.4. The van der Waals surface area contributed by atoms with Gasteiger partial charge >= 0.3 is 0 Å². The van der Waals surface area contributed by atoms with Gasteiger partial charge in [-0.3, -0.25) is 0 Å². The average molecular weight is 583 g/mol. The summed E-state index contributed by atoms with van der Waals surface area (Å²) >= 11 is 3.76. The Labute approximate surface area is 255 Å². The van der Waals surface area contributed by atoms with Gasteiger partial charge in [0.1, 0.15) is 11.5 Å². The van der Waals surface area contributed by atoms with Crippen molar-refractivity contribution in [1.29, 1.82) is 0 Å². The predicted molar refractivity (Wildman–Crippen MR) is 186 cm³/mol. The highest BCUT2D eigenvalue weighted by Crippen LogP contribution is 2.49. The number of hydrogen-bond acceptors (Lipinski definition) is 3. The summed E-state index contributed by atoms with van der Waals surface area (Å²) in [7, 11) is 0. The molecule has 0 unspecified atom stereocenters. The van der Waals surface area contributed by atoms with E-state index in [0.29, 0.717) is 0 Å². The highest BCUT2D eigenvalue weighted by Gasteiger charge is 2.21. The van der Waals surface area contributed by atoms with E-state index in [1.807, 2.05) is 28.7 Å². The zero-order chi connectivity index (χ0) is 28.1. The summed E-state index contributed by atoms with van der Waals surface area (Å²) in [6, 6.07) is 48.7. The second kappa shape index (κ2) is 8.78. The molecule has 43 heavy (non-hydrogen) atoms. The molecule has 7 aromatic carbocycles. The van der Waals surface area contributed by atoms with Crippen molar-refractivity contribution in [1.82, 2.24) is 0 Å². The summed E-state index contributed by atoms with van der Waals surface area (Å²) in [6.07, 6.45) is 0. The summed E-state index contributed by atoms with van der Waals surface area (Å²) in [6.45, 7) is 0. The maximum Gasteiger partial charge on any atom is 0.135 e. The van der Waals surface area contributed by atoms with Crippen molar-refractivity contribution in [2.24, 2.45) is 0 Å². The van der Waals surface area contributed by atoms with Crippen molar-refractivity contribution in [2.75, 3.05) is 0 Å². The van der Waals surface area contributed by atoms with E-state index in [4.69, 9.17) is 4.74 Å². The van der Waals surface area contributed by atoms with Gasteiger partial charge in [0, 0.05) is 51.3 Å². The van der Waals surface area contributed by atoms with E-state index in [-0.39, 0.29) is 0 Å². The molecule has 0 saturated carbocycles. The van der Waals surface area contributed by atoms with Crippen LogP contribution in [0.5, 0.6) is 11.5 Å². The first-order valence-electron chi connectivity index (χ1n) is 14.5. The van der Waals surface area contributed by atoms with Crippen LogP contribution >= 0.6 is 22.7 Å². The van der Waals surface area contributed by atoms with Gasteiger partial charge in [-0.15, -0.1) is 22.7 Å². The highest BCUT2D eigenvalue weighted by molar-refractivity contribution is 7.26. The molecule has 0 spiro atoms. The van der Waals surface area contributed by atoms with Crippen LogP contribution in [-0.2, 0) is 0 Å². The minimum Gasteiger partial charge on any atom is -0.456 e. The van der Waals surface area contributed by atoms with Gasteiger partial charge in [0.05, 0.1) is 0 Å². The lowest BCUT2D eigenvalue weighted by Crippen LogP contribution is -1.97. The minimum atomic E-state index is 0.921. The molecule has 10 rings (SSSR count). The first-order valence-corrected chi connectivity index (χ1v) is 16.1. The molecule has 0 saturated heterocycles. The number of ether oxygens (including phenoxy) is 1. The maximum atomic E-state index is 6.35. The molecule has 9 aromatic rings. The lowest BCUT2D eigenvalue weighted by Gasteiger charge is -2.22. The first-order chi connectivity index (χ1) is 21.3. The third-order valence-electron chi connectivity index (χ3n) is 8.90. The molecule has 0 radical (unpaired) electrons. The van der Waals surface area contributed by atoms with Crippen molar-refractivity contribution in [3.63, 3.8) is 0 Å². The molecule has 3 heteroatoms. The smallest absolute Gasteiger partial charge is 0.135 e. The largest absolute Gasteiger partial charge is 0.456 e. The van der Waals surface area contributed by atoms with E-state index in [1.54, 1.807) is 0 Å². The number of fused-ring (bicyclic) bond motifs is 8. The fraction of sp³-hybridized carbons (Fsp3) is 0. The Morgan fingerprint density at radius 1 is 0.349 bits per heavy atom. The van der Waals surface area contributed by atoms with Gasteiger partial charge in [-0.2, -0.15) is 0 Å². The van der Waals surface area contributed by atoms with Gasteiger partial charge in [-0.05, 0) is 69.6 Å². The Morgan fingerprint density at radius 2 is 1.00 bits per heavy atom. The lowest BCUT2D eigenvalue weighted by molar-refractivity contribution is 0.487. The van der Waals surface area contributed by atoms with Gasteiger partial charge in [0.15, 0.2) is 0 Å². The van der Waals surface area contributed by atoms with Crippen molar-refractivity contribution in [2.45, 2.75) is 0 Å². The Morgan fingerprint density at radius 3 is 1.88 bits per heavy atom. The summed E-state index contributed by atoms with van der Waals surface area (Å²) in [5.74, 6) is 1.85. The van der Waals surface area contributed by atoms with E-state index in [0.717, 1.165) is 17.1 Å². The van der Waals surface area contributed by atoms with Gasteiger partial charge in [0.2, 0.25) is 0 Å². The predicted octanol–water partition coefficient (Wildman–Crippen LogP) is 12.7. The Kier molecular flexibility index (Phi) is 4.81. The van der Waals surface area contributed by atoms with Crippen molar-refractivity contribution in [3.05, 3.63) is 133 Å². The number of rotatable bonds is 2. The monoisotopic (exact) mass is 582 g/mol. The summed E-state index contributed by atoms with van der Waals surface area (Å²) in [4.78, 5) is 0. The van der Waals surface area contributed by atoms with Crippen LogP contribution in [0, 0.1) is 0 Å². The second-order valence-corrected chi connectivity index (χ2v) is 13.4. The molecule has 2 aromatic heterocycles.